The van der Waals surface area contributed by atoms with Gasteiger partial charge in [-0.3, -0.25) is 9.59 Å². The molecule has 0 unspecified atom stereocenters. The van der Waals surface area contributed by atoms with E-state index in [0.717, 1.165) is 13.8 Å². The molecular weight excluding hydrogens is 335 g/mol. The quantitative estimate of drug-likeness (QED) is 0.143. The molecule has 0 atom stereocenters. The normalized spacial score (nSPS) is 11.6. The molecule has 0 aromatic heterocycles. The molecule has 10 nitrogen and oxygen atoms in total. The van der Waals surface area contributed by atoms with Gasteiger partial charge in [-0.05, 0) is 19.9 Å². The Morgan fingerprint density at radius 3 is 1.78 bits per heavy atom. The molecule has 0 heterocycles. The second-order valence-electron chi connectivity index (χ2n) is 3.68. The summed E-state index contributed by atoms with van der Waals surface area (Å²) in [7, 11) is -4.41. The molecule has 0 saturated heterocycles. The first-order valence-electron chi connectivity index (χ1n) is 6.43. The molecular formula is C12H19O10P. The van der Waals surface area contributed by atoms with Gasteiger partial charge in [-0.15, -0.1) is 0 Å². The van der Waals surface area contributed by atoms with E-state index in [1.807, 2.05) is 0 Å². The number of phosphoric acid groups is 1. The minimum atomic E-state index is -4.41. The highest BCUT2D eigenvalue weighted by Gasteiger charge is 2.33. The zero-order valence-electron chi connectivity index (χ0n) is 13.2. The number of allylic oxidation sites excluding steroid dienone is 1. The van der Waals surface area contributed by atoms with E-state index in [1.165, 1.54) is 13.0 Å². The Hall–Kier alpha value is -1.90. The molecule has 0 aliphatic rings. The Morgan fingerprint density at radius 1 is 0.957 bits per heavy atom. The van der Waals surface area contributed by atoms with Gasteiger partial charge < -0.3 is 18.7 Å². The summed E-state index contributed by atoms with van der Waals surface area (Å²) in [4.78, 5) is 33.0. The Bertz CT molecular complexity index is 474. The standard InChI is InChI=1S/C12H19O10P/c1-5-11(12(15)17-6-2)22-23(16,20-7-18-9(3)13)21-8-19-10(4)14/h5H,6-8H2,1-4H3/b11-5+. The van der Waals surface area contributed by atoms with Crippen LogP contribution in [0.5, 0.6) is 0 Å². The van der Waals surface area contributed by atoms with Gasteiger partial charge in [-0.2, -0.15) is 0 Å². The van der Waals surface area contributed by atoms with Crippen molar-refractivity contribution in [3.63, 3.8) is 0 Å². The molecule has 23 heavy (non-hydrogen) atoms. The lowest BCUT2D eigenvalue weighted by molar-refractivity contribution is -0.152. The van der Waals surface area contributed by atoms with Crippen molar-refractivity contribution in [2.24, 2.45) is 0 Å². The van der Waals surface area contributed by atoms with E-state index in [-0.39, 0.29) is 6.61 Å². The largest absolute Gasteiger partial charge is 0.536 e. The minimum Gasteiger partial charge on any atom is -0.460 e. The van der Waals surface area contributed by atoms with Crippen LogP contribution < -0.4 is 0 Å². The zero-order valence-corrected chi connectivity index (χ0v) is 14.1. The van der Waals surface area contributed by atoms with Crippen molar-refractivity contribution in [3.8, 4) is 0 Å². The molecule has 0 saturated carbocycles. The average molecular weight is 354 g/mol. The maximum atomic E-state index is 12.4. The average Bonchev–Trinajstić information content (AvgIpc) is 2.44. The van der Waals surface area contributed by atoms with E-state index in [1.54, 1.807) is 6.92 Å². The smallest absolute Gasteiger partial charge is 0.460 e. The van der Waals surface area contributed by atoms with Crippen LogP contribution in [0.3, 0.4) is 0 Å². The van der Waals surface area contributed by atoms with E-state index >= 15 is 0 Å². The van der Waals surface area contributed by atoms with Crippen molar-refractivity contribution >= 4 is 25.7 Å². The molecule has 0 rings (SSSR count). The Morgan fingerprint density at radius 2 is 1.43 bits per heavy atom. The number of ether oxygens (including phenoxy) is 3. The third-order valence-corrected chi connectivity index (χ3v) is 3.16. The van der Waals surface area contributed by atoms with Crippen LogP contribution in [0.2, 0.25) is 0 Å². The Balaban J connectivity index is 4.93. The first kappa shape index (κ1) is 21.1. The SMILES string of the molecule is C/C=C(/OP(=O)(OCOC(C)=O)OCOC(C)=O)C(=O)OCC. The van der Waals surface area contributed by atoms with Crippen LogP contribution in [0.1, 0.15) is 27.7 Å². The Kier molecular flexibility index (Phi) is 9.87. The lowest BCUT2D eigenvalue weighted by Crippen LogP contribution is -2.14. The van der Waals surface area contributed by atoms with Crippen molar-refractivity contribution in [2.45, 2.75) is 27.7 Å². The van der Waals surface area contributed by atoms with Gasteiger partial charge in [-0.1, -0.05) is 0 Å². The summed E-state index contributed by atoms with van der Waals surface area (Å²) in [5.41, 5.74) is 0. The van der Waals surface area contributed by atoms with Crippen molar-refractivity contribution in [1.29, 1.82) is 0 Å². The van der Waals surface area contributed by atoms with Crippen molar-refractivity contribution in [2.75, 3.05) is 20.2 Å². The fourth-order valence-corrected chi connectivity index (χ4v) is 1.93. The van der Waals surface area contributed by atoms with Crippen LogP contribution in [0.25, 0.3) is 0 Å². The topological polar surface area (TPSA) is 124 Å². The van der Waals surface area contributed by atoms with Gasteiger partial charge in [0.25, 0.3) is 0 Å². The first-order chi connectivity index (χ1) is 10.7. The van der Waals surface area contributed by atoms with Crippen LogP contribution in [-0.4, -0.2) is 38.1 Å². The van der Waals surface area contributed by atoms with Crippen molar-refractivity contribution in [3.05, 3.63) is 11.8 Å². The monoisotopic (exact) mass is 354 g/mol. The maximum Gasteiger partial charge on any atom is 0.536 e. The van der Waals surface area contributed by atoms with Crippen molar-refractivity contribution < 1.29 is 46.7 Å². The predicted octanol–water partition coefficient (Wildman–Crippen LogP) is 1.65. The van der Waals surface area contributed by atoms with Crippen molar-refractivity contribution in [1.82, 2.24) is 0 Å². The van der Waals surface area contributed by atoms with Gasteiger partial charge in [-0.25, -0.2) is 18.4 Å². The third-order valence-electron chi connectivity index (χ3n) is 1.89. The fourth-order valence-electron chi connectivity index (χ4n) is 0.968. The Labute approximate surface area is 133 Å². The highest BCUT2D eigenvalue weighted by Crippen LogP contribution is 2.51. The number of esters is 3. The lowest BCUT2D eigenvalue weighted by atomic mass is 10.5. The minimum absolute atomic E-state index is 0.0619. The second kappa shape index (κ2) is 10.8. The third kappa shape index (κ3) is 9.67. The number of hydrogen-bond donors (Lipinski definition) is 0. The summed E-state index contributed by atoms with van der Waals surface area (Å²) in [6.07, 6.45) is 1.18. The predicted molar refractivity (Wildman–Crippen MR) is 74.5 cm³/mol. The summed E-state index contributed by atoms with van der Waals surface area (Å²) in [5, 5.41) is 0. The number of phosphoric ester groups is 1. The number of carbonyl (C=O) groups is 3. The molecule has 132 valence electrons. The zero-order chi connectivity index (χ0) is 17.9. The molecule has 0 N–H and O–H groups in total. The fraction of sp³-hybridized carbons (Fsp3) is 0.583. The summed E-state index contributed by atoms with van der Waals surface area (Å²) in [6.45, 7) is 3.75. The highest BCUT2D eigenvalue weighted by molar-refractivity contribution is 7.48. The molecule has 0 fully saturated rings. The van der Waals surface area contributed by atoms with E-state index in [2.05, 4.69) is 9.47 Å². The number of carbonyl (C=O) groups excluding carboxylic acids is 3. The summed E-state index contributed by atoms with van der Waals surface area (Å²) in [5.74, 6) is -2.75. The maximum absolute atomic E-state index is 12.4. The summed E-state index contributed by atoms with van der Waals surface area (Å²) < 4.78 is 40.3. The number of rotatable bonds is 10. The molecule has 0 aliphatic heterocycles. The first-order valence-corrected chi connectivity index (χ1v) is 7.89. The highest BCUT2D eigenvalue weighted by atomic mass is 31.2. The molecule has 0 aromatic rings. The van der Waals surface area contributed by atoms with E-state index in [4.69, 9.17) is 18.3 Å². The van der Waals surface area contributed by atoms with Crippen LogP contribution >= 0.6 is 7.82 Å². The van der Waals surface area contributed by atoms with Gasteiger partial charge in [0.05, 0.1) is 6.61 Å². The molecule has 0 amide bonds. The van der Waals surface area contributed by atoms with E-state index in [0.29, 0.717) is 0 Å². The van der Waals surface area contributed by atoms with Crippen LogP contribution in [0, 0.1) is 0 Å². The summed E-state index contributed by atoms with van der Waals surface area (Å²) >= 11 is 0. The second-order valence-corrected chi connectivity index (χ2v) is 5.27. The van der Waals surface area contributed by atoms with Crippen LogP contribution in [0.4, 0.5) is 0 Å². The number of hydrogen-bond acceptors (Lipinski definition) is 10. The summed E-state index contributed by atoms with van der Waals surface area (Å²) in [6, 6.07) is 0. The molecule has 0 spiro atoms. The van der Waals surface area contributed by atoms with Crippen LogP contribution in [0.15, 0.2) is 11.8 Å². The molecule has 0 aromatic carbocycles. The molecule has 0 bridgehead atoms. The van der Waals surface area contributed by atoms with E-state index < -0.39 is 45.1 Å². The lowest BCUT2D eigenvalue weighted by Gasteiger charge is -2.18. The van der Waals surface area contributed by atoms with Gasteiger partial charge in [0, 0.05) is 13.8 Å². The molecule has 0 aliphatic carbocycles. The molecule has 11 heteroatoms. The van der Waals surface area contributed by atoms with E-state index in [9.17, 15) is 18.9 Å². The molecule has 0 radical (unpaired) electrons. The van der Waals surface area contributed by atoms with Gasteiger partial charge in [0.15, 0.2) is 0 Å². The van der Waals surface area contributed by atoms with Crippen LogP contribution in [-0.2, 0) is 46.7 Å². The van der Waals surface area contributed by atoms with Gasteiger partial charge in [0.2, 0.25) is 19.3 Å². The van der Waals surface area contributed by atoms with Gasteiger partial charge >= 0.3 is 25.7 Å². The van der Waals surface area contributed by atoms with Gasteiger partial charge in [0.1, 0.15) is 0 Å².